The molecule has 0 bridgehead atoms. The van der Waals surface area contributed by atoms with Crippen molar-refractivity contribution in [1.82, 2.24) is 9.97 Å². The van der Waals surface area contributed by atoms with Crippen molar-refractivity contribution < 1.29 is 0 Å². The van der Waals surface area contributed by atoms with Crippen molar-refractivity contribution in [1.29, 1.82) is 0 Å². The fraction of sp³-hybridized carbons (Fsp3) is 0.692. The molecule has 2 rings (SSSR count). The number of hydrogen-bond acceptors (Lipinski definition) is 4. The van der Waals surface area contributed by atoms with Crippen molar-refractivity contribution in [2.24, 2.45) is 5.73 Å². The van der Waals surface area contributed by atoms with E-state index >= 15 is 0 Å². The molecule has 2 N–H and O–H groups in total. The van der Waals surface area contributed by atoms with E-state index in [1.54, 1.807) is 0 Å². The van der Waals surface area contributed by atoms with Gasteiger partial charge in [-0.25, -0.2) is 9.97 Å². The van der Waals surface area contributed by atoms with Crippen LogP contribution in [-0.2, 0) is 0 Å². The maximum Gasteiger partial charge on any atom is 0.225 e. The predicted molar refractivity (Wildman–Crippen MR) is 70.3 cm³/mol. The summed E-state index contributed by atoms with van der Waals surface area (Å²) in [6.07, 6.45) is 1.01. The highest BCUT2D eigenvalue weighted by Crippen LogP contribution is 2.26. The normalized spacial score (nSPS) is 18.4. The molecule has 1 aliphatic rings. The van der Waals surface area contributed by atoms with E-state index < -0.39 is 0 Å². The first kappa shape index (κ1) is 12.3. The van der Waals surface area contributed by atoms with Gasteiger partial charge in [-0.2, -0.15) is 0 Å². The summed E-state index contributed by atoms with van der Waals surface area (Å²) in [6, 6.07) is 2.06. The van der Waals surface area contributed by atoms with Crippen LogP contribution in [0.3, 0.4) is 0 Å². The third kappa shape index (κ3) is 2.41. The summed E-state index contributed by atoms with van der Waals surface area (Å²) in [5.74, 6) is 1.27. The van der Waals surface area contributed by atoms with Gasteiger partial charge in [0.15, 0.2) is 0 Å². The third-order valence-electron chi connectivity index (χ3n) is 3.45. The number of rotatable bonds is 3. The van der Waals surface area contributed by atoms with E-state index in [-0.39, 0.29) is 5.54 Å². The molecule has 94 valence electrons. The van der Waals surface area contributed by atoms with Gasteiger partial charge < -0.3 is 10.6 Å². The zero-order valence-corrected chi connectivity index (χ0v) is 11.2. The Morgan fingerprint density at radius 3 is 2.59 bits per heavy atom. The molecule has 0 amide bonds. The fourth-order valence-corrected chi connectivity index (χ4v) is 2.09. The summed E-state index contributed by atoms with van der Waals surface area (Å²) in [7, 11) is 0. The summed E-state index contributed by atoms with van der Waals surface area (Å²) in [5.41, 5.74) is 8.27. The molecule has 0 aliphatic carbocycles. The smallest absolute Gasteiger partial charge is 0.225 e. The molecule has 1 aromatic rings. The Bertz CT molecular complexity index is 408. The number of nitrogens with zero attached hydrogens (tertiary/aromatic N) is 3. The Hall–Kier alpha value is -1.16. The van der Waals surface area contributed by atoms with Gasteiger partial charge in [-0.05, 0) is 25.3 Å². The van der Waals surface area contributed by atoms with Crippen molar-refractivity contribution in [3.8, 4) is 0 Å². The lowest BCUT2D eigenvalue weighted by Crippen LogP contribution is -2.67. The Morgan fingerprint density at radius 2 is 2.06 bits per heavy atom. The third-order valence-corrected chi connectivity index (χ3v) is 3.45. The molecule has 0 unspecified atom stereocenters. The number of nitrogens with two attached hydrogens (primary N) is 1. The van der Waals surface area contributed by atoms with Crippen molar-refractivity contribution in [3.05, 3.63) is 17.5 Å². The molecule has 4 heteroatoms. The zero-order valence-electron chi connectivity index (χ0n) is 11.2. The average molecular weight is 234 g/mol. The second-order valence-corrected chi connectivity index (χ2v) is 5.46. The quantitative estimate of drug-likeness (QED) is 0.867. The van der Waals surface area contributed by atoms with E-state index in [2.05, 4.69) is 41.7 Å². The van der Waals surface area contributed by atoms with Crippen LogP contribution in [0.2, 0.25) is 0 Å². The predicted octanol–water partition coefficient (Wildman–Crippen LogP) is 1.84. The van der Waals surface area contributed by atoms with E-state index in [0.717, 1.165) is 36.8 Å². The Balaban J connectivity index is 2.18. The van der Waals surface area contributed by atoms with Crippen LogP contribution in [0.15, 0.2) is 6.07 Å². The molecule has 0 spiro atoms. The van der Waals surface area contributed by atoms with Crippen LogP contribution in [0.1, 0.15) is 44.5 Å². The average Bonchev–Trinajstić information content (AvgIpc) is 2.23. The summed E-state index contributed by atoms with van der Waals surface area (Å²) in [5, 5.41) is 0. The van der Waals surface area contributed by atoms with Gasteiger partial charge in [0.2, 0.25) is 5.95 Å². The molecular weight excluding hydrogens is 212 g/mol. The van der Waals surface area contributed by atoms with Gasteiger partial charge in [0.05, 0.1) is 5.54 Å². The number of aromatic nitrogens is 2. The molecule has 4 nitrogen and oxygen atoms in total. The molecule has 1 aromatic heterocycles. The molecule has 1 aliphatic heterocycles. The standard InChI is InChI=1S/C13H22N4/c1-5-13(14)7-17(8-13)12-15-10(4)6-11(16-12)9(2)3/h6,9H,5,7-8,14H2,1-4H3. The molecule has 0 saturated carbocycles. The molecule has 2 heterocycles. The van der Waals surface area contributed by atoms with E-state index in [4.69, 9.17) is 5.73 Å². The first-order valence-electron chi connectivity index (χ1n) is 6.33. The minimum atomic E-state index is -0.0366. The van der Waals surface area contributed by atoms with Crippen LogP contribution >= 0.6 is 0 Å². The van der Waals surface area contributed by atoms with Gasteiger partial charge in [0.25, 0.3) is 0 Å². The molecule has 0 radical (unpaired) electrons. The fourth-order valence-electron chi connectivity index (χ4n) is 2.09. The first-order chi connectivity index (χ1) is 7.93. The lowest BCUT2D eigenvalue weighted by atomic mass is 9.89. The highest BCUT2D eigenvalue weighted by Gasteiger charge is 2.39. The maximum atomic E-state index is 6.17. The SMILES string of the molecule is CCC1(N)CN(c2nc(C)cc(C(C)C)n2)C1. The summed E-state index contributed by atoms with van der Waals surface area (Å²) in [6.45, 7) is 10.2. The largest absolute Gasteiger partial charge is 0.337 e. The van der Waals surface area contributed by atoms with Crippen LogP contribution in [-0.4, -0.2) is 28.6 Å². The lowest BCUT2D eigenvalue weighted by Gasteiger charge is -2.47. The second kappa shape index (κ2) is 4.26. The Labute approximate surface area is 103 Å². The van der Waals surface area contributed by atoms with Crippen LogP contribution < -0.4 is 10.6 Å². The zero-order chi connectivity index (χ0) is 12.6. The highest BCUT2D eigenvalue weighted by atomic mass is 15.3. The number of anilines is 1. The van der Waals surface area contributed by atoms with Crippen LogP contribution in [0.4, 0.5) is 5.95 Å². The minimum absolute atomic E-state index is 0.0366. The molecule has 17 heavy (non-hydrogen) atoms. The molecule has 0 aromatic carbocycles. The van der Waals surface area contributed by atoms with E-state index in [0.29, 0.717) is 5.92 Å². The summed E-state index contributed by atoms with van der Waals surface area (Å²) < 4.78 is 0. The monoisotopic (exact) mass is 234 g/mol. The first-order valence-corrected chi connectivity index (χ1v) is 6.33. The van der Waals surface area contributed by atoms with Gasteiger partial charge in [0, 0.05) is 24.5 Å². The van der Waals surface area contributed by atoms with Gasteiger partial charge >= 0.3 is 0 Å². The maximum absolute atomic E-state index is 6.17. The molecule has 0 atom stereocenters. The van der Waals surface area contributed by atoms with E-state index in [1.165, 1.54) is 0 Å². The van der Waals surface area contributed by atoms with Gasteiger partial charge in [-0.15, -0.1) is 0 Å². The molecule has 1 fully saturated rings. The van der Waals surface area contributed by atoms with E-state index in [1.807, 2.05) is 6.92 Å². The Kier molecular flexibility index (Phi) is 3.08. The summed E-state index contributed by atoms with van der Waals surface area (Å²) >= 11 is 0. The van der Waals surface area contributed by atoms with Gasteiger partial charge in [0.1, 0.15) is 0 Å². The van der Waals surface area contributed by atoms with Crippen molar-refractivity contribution in [2.75, 3.05) is 18.0 Å². The second-order valence-electron chi connectivity index (χ2n) is 5.46. The molecule has 1 saturated heterocycles. The highest BCUT2D eigenvalue weighted by molar-refractivity contribution is 5.40. The van der Waals surface area contributed by atoms with Gasteiger partial charge in [-0.1, -0.05) is 20.8 Å². The minimum Gasteiger partial charge on any atom is -0.337 e. The number of hydrogen-bond donors (Lipinski definition) is 1. The Morgan fingerprint density at radius 1 is 1.41 bits per heavy atom. The van der Waals surface area contributed by atoms with E-state index in [9.17, 15) is 0 Å². The molecular formula is C13H22N4. The summed E-state index contributed by atoms with van der Waals surface area (Å²) in [4.78, 5) is 11.3. The lowest BCUT2D eigenvalue weighted by molar-refractivity contribution is 0.317. The van der Waals surface area contributed by atoms with Crippen molar-refractivity contribution in [3.63, 3.8) is 0 Å². The van der Waals surface area contributed by atoms with Gasteiger partial charge in [-0.3, -0.25) is 0 Å². The van der Waals surface area contributed by atoms with Crippen LogP contribution in [0, 0.1) is 6.92 Å². The topological polar surface area (TPSA) is 55.0 Å². The van der Waals surface area contributed by atoms with Crippen LogP contribution in [0.5, 0.6) is 0 Å². The van der Waals surface area contributed by atoms with Crippen molar-refractivity contribution in [2.45, 2.75) is 45.6 Å². The van der Waals surface area contributed by atoms with Crippen LogP contribution in [0.25, 0.3) is 0 Å². The number of aryl methyl sites for hydroxylation is 1. The van der Waals surface area contributed by atoms with Crippen molar-refractivity contribution >= 4 is 5.95 Å².